The molecule has 0 aliphatic carbocycles. The number of rotatable bonds is 7. The molecule has 1 fully saturated rings. The van der Waals surface area contributed by atoms with Crippen LogP contribution in [-0.2, 0) is 30.8 Å². The van der Waals surface area contributed by atoms with E-state index in [-0.39, 0.29) is 13.4 Å². The molecular weight excluding hydrogens is 410 g/mol. The van der Waals surface area contributed by atoms with Gasteiger partial charge in [-0.15, -0.1) is 0 Å². The molecule has 0 aromatic heterocycles. The number of hydrogen-bond donors (Lipinski definition) is 0. The summed E-state index contributed by atoms with van der Waals surface area (Å²) in [7, 11) is 0.167. The molecule has 0 bridgehead atoms. The highest BCUT2D eigenvalue weighted by Gasteiger charge is 2.66. The summed E-state index contributed by atoms with van der Waals surface area (Å²) in [4.78, 5) is 12.8. The van der Waals surface area contributed by atoms with Crippen LogP contribution in [0.5, 0.6) is 5.75 Å². The van der Waals surface area contributed by atoms with Gasteiger partial charge in [0.2, 0.25) is 0 Å². The first-order chi connectivity index (χ1) is 11.7. The van der Waals surface area contributed by atoms with Gasteiger partial charge in [-0.1, -0.05) is 22.0 Å². The quantitative estimate of drug-likeness (QED) is 0.375. The van der Waals surface area contributed by atoms with E-state index < -0.39 is 27.2 Å². The van der Waals surface area contributed by atoms with Crippen LogP contribution in [0.25, 0.3) is 0 Å². The number of ether oxygens (including phenoxy) is 3. The maximum absolute atomic E-state index is 12.9. The second-order valence-corrected chi connectivity index (χ2v) is 9.75. The van der Waals surface area contributed by atoms with Crippen LogP contribution in [0.4, 0.5) is 0 Å². The van der Waals surface area contributed by atoms with Crippen molar-refractivity contribution in [1.82, 2.24) is 4.31 Å². The van der Waals surface area contributed by atoms with Crippen molar-refractivity contribution in [2.45, 2.75) is 38.0 Å². The van der Waals surface area contributed by atoms with E-state index in [9.17, 15) is 9.00 Å². The van der Waals surface area contributed by atoms with E-state index in [1.165, 1.54) is 7.11 Å². The molecule has 1 aliphatic heterocycles. The molecule has 3 atom stereocenters. The first-order valence-corrected chi connectivity index (χ1v) is 9.87. The summed E-state index contributed by atoms with van der Waals surface area (Å²) in [6, 6.07) is 5.39. The van der Waals surface area contributed by atoms with E-state index in [4.69, 9.17) is 14.2 Å². The Kier molecular flexibility index (Phi) is 6.30. The monoisotopic (exact) mass is 433 g/mol. The molecule has 8 heteroatoms. The van der Waals surface area contributed by atoms with Gasteiger partial charge in [-0.25, -0.2) is 9.00 Å². The third kappa shape index (κ3) is 4.07. The molecule has 0 amide bonds. The molecule has 2 rings (SSSR count). The number of halogens is 1. The maximum atomic E-state index is 12.9. The molecule has 6 nitrogen and oxygen atoms in total. The Morgan fingerprint density at radius 3 is 2.64 bits per heavy atom. The van der Waals surface area contributed by atoms with E-state index in [0.29, 0.717) is 17.9 Å². The fourth-order valence-corrected chi connectivity index (χ4v) is 4.29. The molecule has 1 saturated heterocycles. The van der Waals surface area contributed by atoms with Crippen molar-refractivity contribution in [3.63, 3.8) is 0 Å². The van der Waals surface area contributed by atoms with Crippen molar-refractivity contribution in [3.8, 4) is 5.75 Å². The van der Waals surface area contributed by atoms with Crippen molar-refractivity contribution in [1.29, 1.82) is 0 Å². The fraction of sp³-hybridized carbons (Fsp3) is 0.588. The molecule has 1 aromatic carbocycles. The Labute approximate surface area is 159 Å². The van der Waals surface area contributed by atoms with Crippen LogP contribution < -0.4 is 4.74 Å². The van der Waals surface area contributed by atoms with Gasteiger partial charge in [0, 0.05) is 23.7 Å². The van der Waals surface area contributed by atoms with Gasteiger partial charge in [-0.2, -0.15) is 4.31 Å². The minimum atomic E-state index is -1.36. The minimum absolute atomic E-state index is 0.0463. The maximum Gasteiger partial charge on any atom is 0.333 e. The molecule has 140 valence electrons. The smallest absolute Gasteiger partial charge is 0.333 e. The van der Waals surface area contributed by atoms with Crippen LogP contribution in [0, 0.1) is 0 Å². The number of carbonyl (C=O) groups excluding carboxylic acids is 1. The van der Waals surface area contributed by atoms with Gasteiger partial charge in [0.1, 0.15) is 16.7 Å². The van der Waals surface area contributed by atoms with E-state index >= 15 is 0 Å². The lowest BCUT2D eigenvalue weighted by Crippen LogP contribution is -2.36. The zero-order chi connectivity index (χ0) is 18.8. The van der Waals surface area contributed by atoms with Crippen molar-refractivity contribution >= 4 is 32.9 Å². The predicted molar refractivity (Wildman–Crippen MR) is 99.6 cm³/mol. The average molecular weight is 434 g/mol. The number of methoxy groups -OCH3 is 1. The second-order valence-electron chi connectivity index (χ2n) is 6.67. The molecule has 0 spiro atoms. The molecule has 1 aromatic rings. The Balaban J connectivity index is 2.49. The third-order valence-electron chi connectivity index (χ3n) is 3.75. The summed E-state index contributed by atoms with van der Waals surface area (Å²) < 4.78 is 30.8. The van der Waals surface area contributed by atoms with Gasteiger partial charge in [0.15, 0.2) is 12.3 Å². The molecular formula is C17H24BrNO5S. The molecule has 1 aliphatic rings. The zero-order valence-electron chi connectivity index (χ0n) is 15.1. The summed E-state index contributed by atoms with van der Waals surface area (Å²) in [6.07, 6.45) is 0. The molecule has 25 heavy (non-hydrogen) atoms. The third-order valence-corrected chi connectivity index (χ3v) is 6.14. The highest BCUT2D eigenvalue weighted by atomic mass is 79.9. The first-order valence-electron chi connectivity index (χ1n) is 7.97. The lowest BCUT2D eigenvalue weighted by Gasteiger charge is -2.24. The van der Waals surface area contributed by atoms with E-state index in [2.05, 4.69) is 15.9 Å². The van der Waals surface area contributed by atoms with E-state index in [0.717, 1.165) is 4.47 Å². The summed E-state index contributed by atoms with van der Waals surface area (Å²) in [5.74, 6) is 0.0786. The largest absolute Gasteiger partial charge is 0.467 e. The summed E-state index contributed by atoms with van der Waals surface area (Å²) in [6.45, 7) is 8.00. The predicted octanol–water partition coefficient (Wildman–Crippen LogP) is 2.97. The first kappa shape index (κ1) is 20.4. The van der Waals surface area contributed by atoms with Crippen LogP contribution in [0.1, 0.15) is 33.3 Å². The average Bonchev–Trinajstić information content (AvgIpc) is 3.28. The molecule has 0 N–H and O–H groups in total. The van der Waals surface area contributed by atoms with Crippen LogP contribution >= 0.6 is 15.9 Å². The van der Waals surface area contributed by atoms with Crippen LogP contribution in [0.2, 0.25) is 0 Å². The number of nitrogens with zero attached hydrogens (tertiary/aromatic N) is 1. The minimum Gasteiger partial charge on any atom is -0.467 e. The topological polar surface area (TPSA) is 64.8 Å². The van der Waals surface area contributed by atoms with Crippen molar-refractivity contribution in [2.75, 3.05) is 27.1 Å². The lowest BCUT2D eigenvalue weighted by atomic mass is 9.98. The number of hydrogen-bond acceptors (Lipinski definition) is 5. The van der Waals surface area contributed by atoms with E-state index in [1.807, 2.05) is 26.8 Å². The van der Waals surface area contributed by atoms with Crippen molar-refractivity contribution < 1.29 is 23.2 Å². The molecule has 0 saturated carbocycles. The number of benzene rings is 1. The van der Waals surface area contributed by atoms with Gasteiger partial charge in [0.05, 0.1) is 11.4 Å². The van der Waals surface area contributed by atoms with Crippen LogP contribution in [0.3, 0.4) is 0 Å². The highest BCUT2D eigenvalue weighted by molar-refractivity contribution is 9.10. The number of esters is 1. The van der Waals surface area contributed by atoms with Gasteiger partial charge in [-0.3, -0.25) is 0 Å². The molecule has 1 heterocycles. The van der Waals surface area contributed by atoms with Gasteiger partial charge in [0.25, 0.3) is 0 Å². The van der Waals surface area contributed by atoms with Gasteiger partial charge in [-0.05, 0) is 39.8 Å². The highest BCUT2D eigenvalue weighted by Crippen LogP contribution is 2.50. The Morgan fingerprint density at radius 2 is 2.08 bits per heavy atom. The standard InChI is InChI=1S/C17H24BrNO5S/c1-6-23-15(20)17(10-19(17)25(21)16(2,3)4)13-8-7-12(18)9-14(13)24-11-22-5/h7-9H,6,10-11H2,1-5H3. The van der Waals surface area contributed by atoms with Crippen molar-refractivity contribution in [3.05, 3.63) is 28.2 Å². The summed E-state index contributed by atoms with van der Waals surface area (Å²) in [5, 5.41) is 0. The normalized spacial score (nSPS) is 23.8. The summed E-state index contributed by atoms with van der Waals surface area (Å²) >= 11 is 3.41. The Morgan fingerprint density at radius 1 is 1.40 bits per heavy atom. The Bertz CT molecular complexity index is 675. The SMILES string of the molecule is CCOC(=O)C1(c2ccc(Br)cc2OCOC)CN1S(=O)C(C)(C)C. The Hall–Kier alpha value is -0.960. The van der Waals surface area contributed by atoms with Crippen LogP contribution in [-0.4, -0.2) is 46.3 Å². The molecule has 0 radical (unpaired) electrons. The van der Waals surface area contributed by atoms with Gasteiger partial charge >= 0.3 is 5.97 Å². The number of carbonyl (C=O) groups is 1. The molecule has 3 unspecified atom stereocenters. The zero-order valence-corrected chi connectivity index (χ0v) is 17.5. The lowest BCUT2D eigenvalue weighted by molar-refractivity contribution is -0.147. The summed E-state index contributed by atoms with van der Waals surface area (Å²) in [5.41, 5.74) is -0.471. The van der Waals surface area contributed by atoms with E-state index in [1.54, 1.807) is 23.4 Å². The van der Waals surface area contributed by atoms with Gasteiger partial charge < -0.3 is 14.2 Å². The fourth-order valence-electron chi connectivity index (χ4n) is 2.53. The van der Waals surface area contributed by atoms with Crippen LogP contribution in [0.15, 0.2) is 22.7 Å². The van der Waals surface area contributed by atoms with Crippen molar-refractivity contribution in [2.24, 2.45) is 0 Å². The second kappa shape index (κ2) is 7.73.